The summed E-state index contributed by atoms with van der Waals surface area (Å²) in [6.07, 6.45) is -4.04. The van der Waals surface area contributed by atoms with Crippen LogP contribution in [0.5, 0.6) is 0 Å². The highest BCUT2D eigenvalue weighted by Gasteiger charge is 2.34. The third-order valence-electron chi connectivity index (χ3n) is 5.83. The zero-order chi connectivity index (χ0) is 24.5. The van der Waals surface area contributed by atoms with Gasteiger partial charge in [0.2, 0.25) is 5.91 Å². The van der Waals surface area contributed by atoms with Crippen molar-refractivity contribution in [3.8, 4) is 0 Å². The molecule has 3 aromatic carbocycles. The van der Waals surface area contributed by atoms with Crippen LogP contribution in [0, 0.1) is 6.92 Å². The molecule has 0 saturated carbocycles. The van der Waals surface area contributed by atoms with Crippen LogP contribution in [-0.2, 0) is 34.0 Å². The summed E-state index contributed by atoms with van der Waals surface area (Å²) in [5.74, 6) is -0.484. The second-order valence-corrected chi connectivity index (χ2v) is 10.1. The van der Waals surface area contributed by atoms with Crippen molar-refractivity contribution in [2.24, 2.45) is 0 Å². The fourth-order valence-corrected chi connectivity index (χ4v) is 5.33. The van der Waals surface area contributed by atoms with Crippen molar-refractivity contribution >= 4 is 21.6 Å². The number of rotatable bonds is 5. The monoisotopic (exact) mass is 488 g/mol. The van der Waals surface area contributed by atoms with E-state index in [4.69, 9.17) is 0 Å². The Morgan fingerprint density at radius 3 is 2.32 bits per heavy atom. The van der Waals surface area contributed by atoms with Crippen LogP contribution in [0.1, 0.15) is 22.3 Å². The van der Waals surface area contributed by atoms with Gasteiger partial charge in [-0.25, -0.2) is 8.42 Å². The SMILES string of the molecule is Cc1ccc(S(=O)(=O)N(CC(=O)N2CCc3ccccc3C2)c2cccc(C(F)(F)F)c2)cc1. The van der Waals surface area contributed by atoms with Gasteiger partial charge in [-0.1, -0.05) is 48.0 Å². The van der Waals surface area contributed by atoms with Gasteiger partial charge in [-0.3, -0.25) is 9.10 Å². The van der Waals surface area contributed by atoms with E-state index in [2.05, 4.69) is 0 Å². The zero-order valence-electron chi connectivity index (χ0n) is 18.4. The van der Waals surface area contributed by atoms with Gasteiger partial charge in [-0.2, -0.15) is 13.2 Å². The Bertz CT molecular complexity index is 1310. The van der Waals surface area contributed by atoms with Gasteiger partial charge in [0.1, 0.15) is 6.54 Å². The summed E-state index contributed by atoms with van der Waals surface area (Å²) >= 11 is 0. The lowest BCUT2D eigenvalue weighted by Gasteiger charge is -2.32. The number of benzene rings is 3. The molecule has 0 saturated heterocycles. The second kappa shape index (κ2) is 9.13. The van der Waals surface area contributed by atoms with Crippen molar-refractivity contribution in [1.82, 2.24) is 4.90 Å². The summed E-state index contributed by atoms with van der Waals surface area (Å²) in [4.78, 5) is 14.6. The predicted octanol–water partition coefficient (Wildman–Crippen LogP) is 4.79. The molecule has 0 bridgehead atoms. The minimum absolute atomic E-state index is 0.104. The first kappa shape index (κ1) is 23.8. The van der Waals surface area contributed by atoms with Crippen molar-refractivity contribution in [2.45, 2.75) is 31.0 Å². The fourth-order valence-electron chi connectivity index (χ4n) is 3.92. The molecule has 5 nitrogen and oxygen atoms in total. The number of anilines is 1. The van der Waals surface area contributed by atoms with Crippen LogP contribution in [0.15, 0.2) is 77.7 Å². The highest BCUT2D eigenvalue weighted by Crippen LogP contribution is 2.33. The maximum absolute atomic E-state index is 13.5. The van der Waals surface area contributed by atoms with Gasteiger partial charge in [0.25, 0.3) is 10.0 Å². The van der Waals surface area contributed by atoms with Crippen LogP contribution in [0.25, 0.3) is 0 Å². The molecule has 1 aliphatic heterocycles. The molecule has 0 atom stereocenters. The Morgan fingerprint density at radius 2 is 1.65 bits per heavy atom. The lowest BCUT2D eigenvalue weighted by atomic mass is 10.00. The van der Waals surface area contributed by atoms with Crippen molar-refractivity contribution in [1.29, 1.82) is 0 Å². The molecule has 0 N–H and O–H groups in total. The van der Waals surface area contributed by atoms with E-state index >= 15 is 0 Å². The first-order valence-electron chi connectivity index (χ1n) is 10.7. The number of hydrogen-bond acceptors (Lipinski definition) is 3. The molecule has 3 aromatic rings. The molecule has 1 aliphatic rings. The highest BCUT2D eigenvalue weighted by molar-refractivity contribution is 7.92. The molecule has 0 spiro atoms. The number of alkyl halides is 3. The number of carbonyl (C=O) groups excluding carboxylic acids is 1. The van der Waals surface area contributed by atoms with E-state index in [1.165, 1.54) is 23.1 Å². The van der Waals surface area contributed by atoms with Crippen molar-refractivity contribution in [2.75, 3.05) is 17.4 Å². The maximum Gasteiger partial charge on any atom is 0.416 e. The predicted molar refractivity (Wildman–Crippen MR) is 123 cm³/mol. The van der Waals surface area contributed by atoms with Gasteiger partial charge in [-0.15, -0.1) is 0 Å². The Balaban J connectivity index is 1.70. The summed E-state index contributed by atoms with van der Waals surface area (Å²) in [5.41, 5.74) is 1.70. The molecular formula is C25H23F3N2O3S. The third-order valence-corrected chi connectivity index (χ3v) is 7.62. The van der Waals surface area contributed by atoms with E-state index in [1.807, 2.05) is 24.3 Å². The minimum Gasteiger partial charge on any atom is -0.336 e. The van der Waals surface area contributed by atoms with Crippen molar-refractivity contribution in [3.05, 3.63) is 95.1 Å². The Hall–Kier alpha value is -3.33. The summed E-state index contributed by atoms with van der Waals surface area (Å²) in [6.45, 7) is 1.89. The number of nitrogens with zero attached hydrogens (tertiary/aromatic N) is 2. The molecular weight excluding hydrogens is 465 g/mol. The minimum atomic E-state index is -4.66. The fraction of sp³-hybridized carbons (Fsp3) is 0.240. The molecule has 0 aliphatic carbocycles. The van der Waals surface area contributed by atoms with E-state index < -0.39 is 34.2 Å². The van der Waals surface area contributed by atoms with Crippen molar-refractivity contribution < 1.29 is 26.4 Å². The Labute approximate surface area is 196 Å². The highest BCUT2D eigenvalue weighted by atomic mass is 32.2. The number of sulfonamides is 1. The number of amides is 1. The van der Waals surface area contributed by atoms with Gasteiger partial charge in [0.15, 0.2) is 0 Å². The van der Waals surface area contributed by atoms with Crippen LogP contribution < -0.4 is 4.31 Å². The van der Waals surface area contributed by atoms with Gasteiger partial charge in [0.05, 0.1) is 16.1 Å². The van der Waals surface area contributed by atoms with E-state index in [0.717, 1.165) is 39.2 Å². The first-order valence-corrected chi connectivity index (χ1v) is 12.1. The quantitative estimate of drug-likeness (QED) is 0.519. The largest absolute Gasteiger partial charge is 0.416 e. The van der Waals surface area contributed by atoms with Gasteiger partial charge in [0, 0.05) is 13.1 Å². The molecule has 34 heavy (non-hydrogen) atoms. The third kappa shape index (κ3) is 4.94. The smallest absolute Gasteiger partial charge is 0.336 e. The second-order valence-electron chi connectivity index (χ2n) is 8.21. The number of hydrogen-bond donors (Lipinski definition) is 0. The van der Waals surface area contributed by atoms with Crippen LogP contribution >= 0.6 is 0 Å². The van der Waals surface area contributed by atoms with E-state index in [9.17, 15) is 26.4 Å². The van der Waals surface area contributed by atoms with Gasteiger partial charge in [-0.05, 0) is 54.8 Å². The summed E-state index contributed by atoms with van der Waals surface area (Å²) in [7, 11) is -4.31. The van der Waals surface area contributed by atoms with Crippen LogP contribution in [0.3, 0.4) is 0 Å². The first-order chi connectivity index (χ1) is 16.1. The number of aryl methyl sites for hydroxylation is 1. The average molecular weight is 489 g/mol. The molecule has 178 valence electrons. The zero-order valence-corrected chi connectivity index (χ0v) is 19.2. The molecule has 1 heterocycles. The topological polar surface area (TPSA) is 57.7 Å². The lowest BCUT2D eigenvalue weighted by Crippen LogP contribution is -2.44. The Kier molecular flexibility index (Phi) is 6.40. The van der Waals surface area contributed by atoms with Gasteiger partial charge >= 0.3 is 6.18 Å². The number of fused-ring (bicyclic) bond motifs is 1. The maximum atomic E-state index is 13.5. The molecule has 9 heteroatoms. The van der Waals surface area contributed by atoms with Gasteiger partial charge < -0.3 is 4.90 Å². The summed E-state index contributed by atoms with van der Waals surface area (Å²) in [6, 6.07) is 17.6. The molecule has 4 rings (SSSR count). The molecule has 0 unspecified atom stereocenters. The van der Waals surface area contributed by atoms with Crippen LogP contribution in [0.2, 0.25) is 0 Å². The molecule has 0 fully saturated rings. The standard InChI is InChI=1S/C25H23F3N2O3S/c1-18-9-11-23(12-10-18)34(32,33)30(22-8-4-7-21(15-22)25(26,27)28)17-24(31)29-14-13-19-5-2-3-6-20(19)16-29/h2-12,15H,13-14,16-17H2,1H3. The Morgan fingerprint density at radius 1 is 0.971 bits per heavy atom. The van der Waals surface area contributed by atoms with E-state index in [1.54, 1.807) is 19.1 Å². The van der Waals surface area contributed by atoms with Crippen LogP contribution in [-0.4, -0.2) is 32.3 Å². The summed E-state index contributed by atoms with van der Waals surface area (Å²) in [5, 5.41) is 0. The molecule has 0 aromatic heterocycles. The average Bonchev–Trinajstić information content (AvgIpc) is 2.81. The van der Waals surface area contributed by atoms with Crippen molar-refractivity contribution in [3.63, 3.8) is 0 Å². The van der Waals surface area contributed by atoms with Crippen LogP contribution in [0.4, 0.5) is 18.9 Å². The summed E-state index contributed by atoms with van der Waals surface area (Å²) < 4.78 is 67.8. The normalized spacial score (nSPS) is 13.9. The van der Waals surface area contributed by atoms with E-state index in [0.29, 0.717) is 19.5 Å². The number of carbonyl (C=O) groups is 1. The lowest BCUT2D eigenvalue weighted by molar-refractivity contribution is -0.137. The van der Waals surface area contributed by atoms with E-state index in [-0.39, 0.29) is 10.6 Å². The molecule has 0 radical (unpaired) electrons. The number of halogens is 3. The molecule has 1 amide bonds.